The summed E-state index contributed by atoms with van der Waals surface area (Å²) in [4.78, 5) is 27.6. The van der Waals surface area contributed by atoms with Crippen LogP contribution in [-0.2, 0) is 4.79 Å². The van der Waals surface area contributed by atoms with Crippen LogP contribution in [-0.4, -0.2) is 17.0 Å². The van der Waals surface area contributed by atoms with E-state index in [2.05, 4.69) is 6.07 Å². The lowest BCUT2D eigenvalue weighted by Gasteiger charge is -2.43. The van der Waals surface area contributed by atoms with Crippen molar-refractivity contribution < 1.29 is 9.72 Å². The Balaban J connectivity index is 2.06. The summed E-state index contributed by atoms with van der Waals surface area (Å²) >= 11 is 3.20. The van der Waals surface area contributed by atoms with Gasteiger partial charge in [0.1, 0.15) is 11.5 Å². The molecule has 1 aliphatic carbocycles. The second-order valence-electron chi connectivity index (χ2n) is 9.03. The molecule has 2 aromatic rings. The maximum absolute atomic E-state index is 13.6. The predicted molar refractivity (Wildman–Crippen MR) is 131 cm³/mol. The van der Waals surface area contributed by atoms with Crippen LogP contribution in [0.25, 0.3) is 0 Å². The molecular weight excluding hydrogens is 456 g/mol. The number of allylic oxidation sites excluding steroid dienone is 3. The summed E-state index contributed by atoms with van der Waals surface area (Å²) < 4.78 is 1.03. The Hall–Kier alpha value is -3.09. The fourth-order valence-electron chi connectivity index (χ4n) is 4.78. The Morgan fingerprint density at radius 3 is 2.67 bits per heavy atom. The van der Waals surface area contributed by atoms with Gasteiger partial charge < -0.3 is 5.73 Å². The molecule has 4 rings (SSSR count). The van der Waals surface area contributed by atoms with Crippen LogP contribution in [0.2, 0.25) is 0 Å². The maximum Gasteiger partial charge on any atom is 0.293 e. The number of benzene rings is 1. The quantitative estimate of drug-likeness (QED) is 0.343. The number of rotatable bonds is 4. The molecule has 1 aromatic carbocycles. The van der Waals surface area contributed by atoms with E-state index in [1.54, 1.807) is 46.2 Å². The third-order valence-corrected chi connectivity index (χ3v) is 8.26. The number of anilines is 1. The van der Waals surface area contributed by atoms with E-state index in [-0.39, 0.29) is 34.0 Å². The summed E-state index contributed by atoms with van der Waals surface area (Å²) in [5.41, 5.74) is 8.70. The van der Waals surface area contributed by atoms with Crippen LogP contribution in [0, 0.1) is 33.8 Å². The zero-order valence-electron chi connectivity index (χ0n) is 18.8. The van der Waals surface area contributed by atoms with Crippen LogP contribution in [0.1, 0.15) is 43.0 Å². The molecular formula is C24H24N4O3S2. The fraction of sp³-hybridized carbons (Fsp3) is 0.333. The minimum Gasteiger partial charge on any atom is -0.384 e. The molecule has 0 saturated carbocycles. The molecule has 1 aromatic heterocycles. The molecule has 0 radical (unpaired) electrons. The summed E-state index contributed by atoms with van der Waals surface area (Å²) in [6.45, 7) is 6.00. The normalized spacial score (nSPS) is 20.0. The Labute approximate surface area is 200 Å². The Morgan fingerprint density at radius 2 is 2.03 bits per heavy atom. The number of carbonyl (C=O) groups excluding carboxylic acids is 1. The second kappa shape index (κ2) is 8.36. The fourth-order valence-corrected chi connectivity index (χ4v) is 6.69. The molecule has 0 saturated heterocycles. The molecule has 9 heteroatoms. The van der Waals surface area contributed by atoms with E-state index >= 15 is 0 Å². The SMILES string of the molecule is CSc1sc(C)cc1[C@@H]1C(C#N)=C(N)N(c2ccccc2[N+](=O)[O-])C2=C1C(=O)CC(C)(C)C2. The molecule has 0 amide bonds. The van der Waals surface area contributed by atoms with E-state index in [4.69, 9.17) is 5.73 Å². The number of ketones is 1. The van der Waals surface area contributed by atoms with Crippen molar-refractivity contribution in [2.24, 2.45) is 11.1 Å². The van der Waals surface area contributed by atoms with Crippen LogP contribution in [0.5, 0.6) is 0 Å². The summed E-state index contributed by atoms with van der Waals surface area (Å²) in [5.74, 6) is -0.497. The first kappa shape index (κ1) is 23.1. The average molecular weight is 481 g/mol. The van der Waals surface area contributed by atoms with Gasteiger partial charge in [0.25, 0.3) is 5.69 Å². The van der Waals surface area contributed by atoms with Crippen LogP contribution >= 0.6 is 23.1 Å². The third-order valence-electron chi connectivity index (χ3n) is 6.04. The number of nitrogens with two attached hydrogens (primary N) is 1. The van der Waals surface area contributed by atoms with E-state index < -0.39 is 10.8 Å². The van der Waals surface area contributed by atoms with Gasteiger partial charge in [-0.1, -0.05) is 26.0 Å². The highest BCUT2D eigenvalue weighted by Crippen LogP contribution is 2.53. The lowest BCUT2D eigenvalue weighted by atomic mass is 9.69. The number of nitro benzene ring substituents is 1. The van der Waals surface area contributed by atoms with Gasteiger partial charge in [-0.2, -0.15) is 5.26 Å². The van der Waals surface area contributed by atoms with Crippen molar-refractivity contribution in [2.75, 3.05) is 11.2 Å². The third kappa shape index (κ3) is 3.83. The van der Waals surface area contributed by atoms with Gasteiger partial charge >= 0.3 is 0 Å². The van der Waals surface area contributed by atoms with E-state index in [1.165, 1.54) is 6.07 Å². The number of aryl methyl sites for hydroxylation is 1. The van der Waals surface area contributed by atoms with Gasteiger partial charge in [0, 0.05) is 28.6 Å². The van der Waals surface area contributed by atoms with E-state index in [0.29, 0.717) is 24.1 Å². The smallest absolute Gasteiger partial charge is 0.293 e. The number of nitro groups is 1. The van der Waals surface area contributed by atoms with Crippen molar-refractivity contribution in [3.05, 3.63) is 73.6 Å². The van der Waals surface area contributed by atoms with Crippen molar-refractivity contribution in [1.82, 2.24) is 0 Å². The molecule has 2 aliphatic rings. The number of hydrogen-bond donors (Lipinski definition) is 1. The zero-order chi connectivity index (χ0) is 24.1. The monoisotopic (exact) mass is 480 g/mol. The van der Waals surface area contributed by atoms with E-state index in [0.717, 1.165) is 14.6 Å². The highest BCUT2D eigenvalue weighted by atomic mass is 32.2. The Kier molecular flexibility index (Phi) is 5.85. The van der Waals surface area contributed by atoms with Crippen LogP contribution < -0.4 is 10.6 Å². The molecule has 0 spiro atoms. The first-order chi connectivity index (χ1) is 15.6. The Bertz CT molecular complexity index is 1280. The maximum atomic E-state index is 13.6. The van der Waals surface area contributed by atoms with Crippen LogP contribution in [0.4, 0.5) is 11.4 Å². The molecule has 7 nitrogen and oxygen atoms in total. The van der Waals surface area contributed by atoms with Crippen molar-refractivity contribution in [1.29, 1.82) is 5.26 Å². The van der Waals surface area contributed by atoms with Crippen molar-refractivity contribution in [3.8, 4) is 6.07 Å². The zero-order valence-corrected chi connectivity index (χ0v) is 20.5. The number of nitriles is 1. The topological polar surface area (TPSA) is 113 Å². The molecule has 0 fully saturated rings. The van der Waals surface area contributed by atoms with Gasteiger partial charge in [0.2, 0.25) is 0 Å². The summed E-state index contributed by atoms with van der Waals surface area (Å²) in [6.07, 6.45) is 2.81. The number of thiophene rings is 1. The first-order valence-corrected chi connectivity index (χ1v) is 12.5. The van der Waals surface area contributed by atoms with Crippen molar-refractivity contribution in [3.63, 3.8) is 0 Å². The number of thioether (sulfide) groups is 1. The molecule has 1 atom stereocenters. The summed E-state index contributed by atoms with van der Waals surface area (Å²) in [6, 6.07) is 10.6. The molecule has 0 unspecified atom stereocenters. The van der Waals surface area contributed by atoms with Crippen molar-refractivity contribution >= 4 is 40.3 Å². The minimum atomic E-state index is -0.583. The number of para-hydroxylation sites is 2. The number of hydrogen-bond acceptors (Lipinski definition) is 8. The van der Waals surface area contributed by atoms with E-state index in [9.17, 15) is 20.2 Å². The van der Waals surface area contributed by atoms with Crippen LogP contribution in [0.3, 0.4) is 0 Å². The van der Waals surface area contributed by atoms with Gasteiger partial charge in [-0.3, -0.25) is 19.8 Å². The highest BCUT2D eigenvalue weighted by Gasteiger charge is 2.46. The number of carbonyl (C=O) groups is 1. The molecule has 33 heavy (non-hydrogen) atoms. The largest absolute Gasteiger partial charge is 0.384 e. The molecule has 2 N–H and O–H groups in total. The first-order valence-electron chi connectivity index (χ1n) is 10.4. The summed E-state index contributed by atoms with van der Waals surface area (Å²) in [7, 11) is 0. The highest BCUT2D eigenvalue weighted by molar-refractivity contribution is 8.00. The van der Waals surface area contributed by atoms with Gasteiger partial charge in [-0.05, 0) is 42.7 Å². The standard InChI is InChI=1S/C24H24N4O3S2/c1-13-9-14(23(32-4)33-13)20-15(12-25)22(26)27(16-7-5-6-8-17(16)28(30)31)18-10-24(2,3)11-19(29)21(18)20/h5-9,20H,10-11,26H2,1-4H3/t20-/m1/s1. The van der Waals surface area contributed by atoms with Gasteiger partial charge in [-0.25, -0.2) is 0 Å². The number of nitrogens with zero attached hydrogens (tertiary/aromatic N) is 3. The second-order valence-corrected chi connectivity index (χ2v) is 11.4. The van der Waals surface area contributed by atoms with Gasteiger partial charge in [-0.15, -0.1) is 23.1 Å². The molecule has 1 aliphatic heterocycles. The Morgan fingerprint density at radius 1 is 1.33 bits per heavy atom. The molecule has 2 heterocycles. The van der Waals surface area contributed by atoms with Gasteiger partial charge in [0.05, 0.1) is 26.7 Å². The average Bonchev–Trinajstić information content (AvgIpc) is 3.12. The lowest BCUT2D eigenvalue weighted by Crippen LogP contribution is -2.42. The minimum absolute atomic E-state index is 0.0500. The van der Waals surface area contributed by atoms with Crippen molar-refractivity contribution in [2.45, 2.75) is 43.7 Å². The lowest BCUT2D eigenvalue weighted by molar-refractivity contribution is -0.384. The van der Waals surface area contributed by atoms with Gasteiger partial charge in [0.15, 0.2) is 5.78 Å². The van der Waals surface area contributed by atoms with E-state index in [1.807, 2.05) is 33.1 Å². The molecule has 0 bridgehead atoms. The van der Waals surface area contributed by atoms with Crippen LogP contribution in [0.15, 0.2) is 57.2 Å². The molecule has 170 valence electrons. The summed E-state index contributed by atoms with van der Waals surface area (Å²) in [5, 5.41) is 22.0. The number of Topliss-reactive ketones (excluding diaryl/α,β-unsaturated/α-hetero) is 1. The predicted octanol–water partition coefficient (Wildman–Crippen LogP) is 5.63.